The minimum atomic E-state index is -4.56. The second kappa shape index (κ2) is 11.6. The van der Waals surface area contributed by atoms with E-state index in [1.165, 1.54) is 13.2 Å². The quantitative estimate of drug-likeness (QED) is 0.495. The zero-order valence-electron chi connectivity index (χ0n) is 19.6. The van der Waals surface area contributed by atoms with Crippen LogP contribution >= 0.6 is 0 Å². The van der Waals surface area contributed by atoms with Gasteiger partial charge < -0.3 is 25.4 Å². The molecule has 0 bridgehead atoms. The van der Waals surface area contributed by atoms with Crippen molar-refractivity contribution in [1.82, 2.24) is 16.0 Å². The lowest BCUT2D eigenvalue weighted by molar-refractivity contribution is -0.137. The van der Waals surface area contributed by atoms with Gasteiger partial charge in [-0.2, -0.15) is 13.2 Å². The van der Waals surface area contributed by atoms with Gasteiger partial charge in [0.2, 0.25) is 0 Å². The van der Waals surface area contributed by atoms with Gasteiger partial charge in [0.05, 0.1) is 12.7 Å². The highest BCUT2D eigenvalue weighted by atomic mass is 19.4. The monoisotopic (exact) mass is 473 g/mol. The molecule has 0 aliphatic heterocycles. The topological polar surface area (TPSA) is 88.7 Å². The van der Waals surface area contributed by atoms with E-state index in [0.29, 0.717) is 25.7 Å². The standard InChI is InChI=1S/C23H34F3N3O4/c1-22(2,3)33-21(31)28-10-9-27-18-7-5-15(6-8-18)14-29-20(30)16-11-17(23(24,25)26)13-19(12-16)32-4/h11-13,15,18,27H,5-10,14H2,1-4H3,(H,28,31)(H,29,30)/t15-,18+. The zero-order valence-corrected chi connectivity index (χ0v) is 19.6. The van der Waals surface area contributed by atoms with Gasteiger partial charge in [-0.15, -0.1) is 0 Å². The van der Waals surface area contributed by atoms with E-state index in [1.54, 1.807) is 0 Å². The van der Waals surface area contributed by atoms with E-state index >= 15 is 0 Å². The van der Waals surface area contributed by atoms with Crippen molar-refractivity contribution in [2.45, 2.75) is 64.3 Å². The molecule has 0 atom stereocenters. The molecule has 1 fully saturated rings. The van der Waals surface area contributed by atoms with E-state index in [-0.39, 0.29) is 17.2 Å². The van der Waals surface area contributed by atoms with Crippen LogP contribution in [0.3, 0.4) is 0 Å². The summed E-state index contributed by atoms with van der Waals surface area (Å²) in [6.07, 6.45) is -1.37. The maximum Gasteiger partial charge on any atom is 0.416 e. The Labute approximate surface area is 192 Å². The van der Waals surface area contributed by atoms with Crippen molar-refractivity contribution >= 4 is 12.0 Å². The van der Waals surface area contributed by atoms with E-state index in [1.807, 2.05) is 20.8 Å². The summed E-state index contributed by atoms with van der Waals surface area (Å²) in [5.74, 6) is -0.296. The number of alkyl carbamates (subject to hydrolysis) is 1. The molecule has 0 radical (unpaired) electrons. The summed E-state index contributed by atoms with van der Waals surface area (Å²) in [6, 6.07) is 3.33. The first-order valence-corrected chi connectivity index (χ1v) is 11.1. The summed E-state index contributed by atoms with van der Waals surface area (Å²) in [5.41, 5.74) is -1.52. The van der Waals surface area contributed by atoms with Crippen molar-refractivity contribution in [3.05, 3.63) is 29.3 Å². The third-order valence-corrected chi connectivity index (χ3v) is 5.36. The number of amides is 2. The number of methoxy groups -OCH3 is 1. The van der Waals surface area contributed by atoms with Crippen LogP contribution in [0.1, 0.15) is 62.4 Å². The number of hydrogen-bond acceptors (Lipinski definition) is 5. The minimum Gasteiger partial charge on any atom is -0.497 e. The van der Waals surface area contributed by atoms with Crippen molar-refractivity contribution in [2.75, 3.05) is 26.7 Å². The van der Waals surface area contributed by atoms with E-state index in [4.69, 9.17) is 9.47 Å². The zero-order chi connectivity index (χ0) is 24.6. The molecule has 1 aliphatic carbocycles. The molecular weight excluding hydrogens is 439 g/mol. The third kappa shape index (κ3) is 9.49. The molecule has 186 valence electrons. The van der Waals surface area contributed by atoms with Crippen LogP contribution < -0.4 is 20.7 Å². The van der Waals surface area contributed by atoms with Crippen LogP contribution in [0.2, 0.25) is 0 Å². The van der Waals surface area contributed by atoms with Gasteiger partial charge in [-0.3, -0.25) is 4.79 Å². The van der Waals surface area contributed by atoms with Crippen LogP contribution in [-0.4, -0.2) is 50.4 Å². The SMILES string of the molecule is COc1cc(C(=O)NC[C@H]2CC[C@@H](NCCNC(=O)OC(C)(C)C)CC2)cc(C(F)(F)F)c1. The normalized spacial score (nSPS) is 19.0. The average molecular weight is 474 g/mol. The van der Waals surface area contributed by atoms with Gasteiger partial charge in [-0.05, 0) is 70.6 Å². The van der Waals surface area contributed by atoms with Gasteiger partial charge >= 0.3 is 12.3 Å². The largest absolute Gasteiger partial charge is 0.497 e. The van der Waals surface area contributed by atoms with E-state index in [9.17, 15) is 22.8 Å². The first-order valence-electron chi connectivity index (χ1n) is 11.1. The van der Waals surface area contributed by atoms with Crippen molar-refractivity contribution < 1.29 is 32.2 Å². The van der Waals surface area contributed by atoms with E-state index in [2.05, 4.69) is 16.0 Å². The van der Waals surface area contributed by atoms with Crippen molar-refractivity contribution in [2.24, 2.45) is 5.92 Å². The lowest BCUT2D eigenvalue weighted by Crippen LogP contribution is -2.41. The van der Waals surface area contributed by atoms with Crippen LogP contribution in [-0.2, 0) is 10.9 Å². The number of nitrogens with one attached hydrogen (secondary N) is 3. The number of benzene rings is 1. The highest BCUT2D eigenvalue weighted by Crippen LogP contribution is 2.32. The molecule has 1 aromatic rings. The summed E-state index contributed by atoms with van der Waals surface area (Å²) in [4.78, 5) is 24.1. The second-order valence-electron chi connectivity index (χ2n) is 9.26. The van der Waals surface area contributed by atoms with E-state index in [0.717, 1.165) is 37.8 Å². The number of ether oxygens (including phenoxy) is 2. The van der Waals surface area contributed by atoms with Gasteiger partial charge in [-0.1, -0.05) is 0 Å². The number of hydrogen-bond donors (Lipinski definition) is 3. The summed E-state index contributed by atoms with van der Waals surface area (Å²) in [6.45, 7) is 6.92. The Kier molecular flexibility index (Phi) is 9.39. The molecule has 0 heterocycles. The van der Waals surface area contributed by atoms with Crippen molar-refractivity contribution in [3.63, 3.8) is 0 Å². The third-order valence-electron chi connectivity index (χ3n) is 5.36. The number of halogens is 3. The number of carbonyl (C=O) groups excluding carboxylic acids is 2. The van der Waals surface area contributed by atoms with Crippen LogP contribution in [0.5, 0.6) is 5.75 Å². The van der Waals surface area contributed by atoms with Crippen LogP contribution in [0.4, 0.5) is 18.0 Å². The first kappa shape index (κ1) is 26.8. The number of alkyl halides is 3. The lowest BCUT2D eigenvalue weighted by Gasteiger charge is -2.29. The Morgan fingerprint density at radius 1 is 1.00 bits per heavy atom. The second-order valence-corrected chi connectivity index (χ2v) is 9.26. The van der Waals surface area contributed by atoms with Crippen LogP contribution in [0.25, 0.3) is 0 Å². The van der Waals surface area contributed by atoms with Gasteiger partial charge in [0.1, 0.15) is 11.4 Å². The maximum absolute atomic E-state index is 13.1. The number of carbonyl (C=O) groups is 2. The molecule has 1 aromatic carbocycles. The summed E-state index contributed by atoms with van der Waals surface area (Å²) < 4.78 is 49.3. The molecule has 2 rings (SSSR count). The Morgan fingerprint density at radius 2 is 1.67 bits per heavy atom. The molecule has 7 nitrogen and oxygen atoms in total. The highest BCUT2D eigenvalue weighted by molar-refractivity contribution is 5.94. The van der Waals surface area contributed by atoms with Crippen molar-refractivity contribution in [3.8, 4) is 5.75 Å². The van der Waals surface area contributed by atoms with Gasteiger partial charge in [0.15, 0.2) is 0 Å². The predicted molar refractivity (Wildman–Crippen MR) is 118 cm³/mol. The minimum absolute atomic E-state index is 0.0114. The summed E-state index contributed by atoms with van der Waals surface area (Å²) >= 11 is 0. The average Bonchev–Trinajstić information content (AvgIpc) is 2.73. The molecular formula is C23H34F3N3O4. The van der Waals surface area contributed by atoms with Crippen LogP contribution in [0, 0.1) is 5.92 Å². The van der Waals surface area contributed by atoms with Crippen LogP contribution in [0.15, 0.2) is 18.2 Å². The Bertz CT molecular complexity index is 801. The summed E-state index contributed by atoms with van der Waals surface area (Å²) in [7, 11) is 1.26. The molecule has 0 unspecified atom stereocenters. The first-order chi connectivity index (χ1) is 15.4. The molecule has 10 heteroatoms. The molecule has 0 saturated heterocycles. The molecule has 1 saturated carbocycles. The fourth-order valence-corrected chi connectivity index (χ4v) is 3.68. The molecule has 33 heavy (non-hydrogen) atoms. The van der Waals surface area contributed by atoms with Gasteiger partial charge in [-0.25, -0.2) is 4.79 Å². The fraction of sp³-hybridized carbons (Fsp3) is 0.652. The smallest absolute Gasteiger partial charge is 0.416 e. The van der Waals surface area contributed by atoms with Crippen molar-refractivity contribution in [1.29, 1.82) is 0 Å². The van der Waals surface area contributed by atoms with Gasteiger partial charge in [0.25, 0.3) is 5.91 Å². The highest BCUT2D eigenvalue weighted by Gasteiger charge is 2.32. The predicted octanol–water partition coefficient (Wildman–Crippen LogP) is 4.12. The molecule has 3 N–H and O–H groups in total. The number of rotatable bonds is 8. The fourth-order valence-electron chi connectivity index (χ4n) is 3.68. The Balaban J connectivity index is 1.71. The summed E-state index contributed by atoms with van der Waals surface area (Å²) in [5, 5.41) is 8.87. The Hall–Kier alpha value is -2.49. The lowest BCUT2D eigenvalue weighted by atomic mass is 9.86. The Morgan fingerprint density at radius 3 is 2.24 bits per heavy atom. The molecule has 0 spiro atoms. The molecule has 2 amide bonds. The maximum atomic E-state index is 13.1. The molecule has 1 aliphatic rings. The van der Waals surface area contributed by atoms with Gasteiger partial charge in [0, 0.05) is 31.2 Å². The van der Waals surface area contributed by atoms with E-state index < -0.39 is 29.3 Å². The molecule has 0 aromatic heterocycles.